The fourth-order valence-electron chi connectivity index (χ4n) is 2.70. The van der Waals surface area contributed by atoms with E-state index in [-0.39, 0.29) is 29.8 Å². The van der Waals surface area contributed by atoms with Gasteiger partial charge in [-0.3, -0.25) is 4.79 Å². The zero-order valence-corrected chi connectivity index (χ0v) is 14.3. The van der Waals surface area contributed by atoms with E-state index in [4.69, 9.17) is 4.74 Å². The van der Waals surface area contributed by atoms with Gasteiger partial charge in [-0.05, 0) is 38.8 Å². The summed E-state index contributed by atoms with van der Waals surface area (Å²) in [5, 5.41) is 5.39. The maximum absolute atomic E-state index is 14.1. The van der Waals surface area contributed by atoms with Crippen LogP contribution in [0.4, 0.5) is 14.9 Å². The summed E-state index contributed by atoms with van der Waals surface area (Å²) in [5.74, 6) is -0.241. The van der Waals surface area contributed by atoms with Crippen LogP contribution in [-0.2, 0) is 4.79 Å². The van der Waals surface area contributed by atoms with Crippen molar-refractivity contribution in [3.63, 3.8) is 0 Å². The molecule has 1 heterocycles. The Labute approximate surface area is 141 Å². The maximum atomic E-state index is 14.1. The van der Waals surface area contributed by atoms with E-state index in [1.807, 2.05) is 13.8 Å². The number of likely N-dealkylation sites (tertiary alicyclic amines) is 1. The van der Waals surface area contributed by atoms with Crippen molar-refractivity contribution in [1.82, 2.24) is 10.2 Å². The molecule has 1 atom stereocenters. The van der Waals surface area contributed by atoms with Crippen LogP contribution < -0.4 is 15.4 Å². The van der Waals surface area contributed by atoms with Crippen molar-refractivity contribution in [3.8, 4) is 5.75 Å². The van der Waals surface area contributed by atoms with Gasteiger partial charge in [0.2, 0.25) is 5.91 Å². The SMILES string of the molecule is CC(=O)N[C@@H]1CCCN(C(=O)Nc2ccc(OC(C)C)cc2F)C1. The van der Waals surface area contributed by atoms with Gasteiger partial charge in [0.25, 0.3) is 0 Å². The molecule has 1 aromatic carbocycles. The minimum Gasteiger partial charge on any atom is -0.491 e. The van der Waals surface area contributed by atoms with Gasteiger partial charge in [0, 0.05) is 32.1 Å². The molecular formula is C17H24FN3O3. The van der Waals surface area contributed by atoms with Crippen LogP contribution in [0.3, 0.4) is 0 Å². The van der Waals surface area contributed by atoms with E-state index in [9.17, 15) is 14.0 Å². The Kier molecular flexibility index (Phi) is 6.00. The van der Waals surface area contributed by atoms with Gasteiger partial charge in [-0.15, -0.1) is 0 Å². The normalized spacial score (nSPS) is 17.5. The van der Waals surface area contributed by atoms with Crippen molar-refractivity contribution in [2.24, 2.45) is 0 Å². The number of nitrogens with one attached hydrogen (secondary N) is 2. The van der Waals surface area contributed by atoms with Crippen LogP contribution >= 0.6 is 0 Å². The van der Waals surface area contributed by atoms with E-state index in [0.717, 1.165) is 12.8 Å². The summed E-state index contributed by atoms with van der Waals surface area (Å²) in [7, 11) is 0. The van der Waals surface area contributed by atoms with Crippen LogP contribution in [0.1, 0.15) is 33.6 Å². The molecule has 1 fully saturated rings. The maximum Gasteiger partial charge on any atom is 0.321 e. The van der Waals surface area contributed by atoms with E-state index < -0.39 is 5.82 Å². The highest BCUT2D eigenvalue weighted by atomic mass is 19.1. The lowest BCUT2D eigenvalue weighted by molar-refractivity contribution is -0.119. The van der Waals surface area contributed by atoms with Crippen LogP contribution in [0.5, 0.6) is 5.75 Å². The predicted octanol–water partition coefficient (Wildman–Crippen LogP) is 2.75. The molecule has 0 aliphatic carbocycles. The van der Waals surface area contributed by atoms with Crippen LogP contribution in [0.15, 0.2) is 18.2 Å². The molecule has 132 valence electrons. The Morgan fingerprint density at radius 3 is 2.75 bits per heavy atom. The first-order chi connectivity index (χ1) is 11.3. The number of benzene rings is 1. The predicted molar refractivity (Wildman–Crippen MR) is 89.6 cm³/mol. The molecule has 2 N–H and O–H groups in total. The number of hydrogen-bond acceptors (Lipinski definition) is 3. The third-order valence-corrected chi connectivity index (χ3v) is 3.67. The molecular weight excluding hydrogens is 313 g/mol. The van der Waals surface area contributed by atoms with Crippen LogP contribution in [-0.4, -0.2) is 42.1 Å². The lowest BCUT2D eigenvalue weighted by atomic mass is 10.1. The van der Waals surface area contributed by atoms with Gasteiger partial charge in [-0.25, -0.2) is 9.18 Å². The summed E-state index contributed by atoms with van der Waals surface area (Å²) in [6.45, 7) is 6.17. The molecule has 3 amide bonds. The largest absolute Gasteiger partial charge is 0.491 e. The minimum atomic E-state index is -0.545. The van der Waals surface area contributed by atoms with Crippen LogP contribution in [0.25, 0.3) is 0 Å². The number of carbonyl (C=O) groups excluding carboxylic acids is 2. The molecule has 1 saturated heterocycles. The number of amides is 3. The molecule has 0 unspecified atom stereocenters. The molecule has 0 bridgehead atoms. The Balaban J connectivity index is 1.97. The topological polar surface area (TPSA) is 70.7 Å². The fourth-order valence-corrected chi connectivity index (χ4v) is 2.70. The zero-order chi connectivity index (χ0) is 17.7. The number of anilines is 1. The van der Waals surface area contributed by atoms with Crippen molar-refractivity contribution in [2.45, 2.75) is 45.8 Å². The number of urea groups is 1. The first-order valence-corrected chi connectivity index (χ1v) is 8.14. The van der Waals surface area contributed by atoms with E-state index >= 15 is 0 Å². The quantitative estimate of drug-likeness (QED) is 0.887. The zero-order valence-electron chi connectivity index (χ0n) is 14.3. The molecule has 1 aliphatic rings. The molecule has 1 aromatic rings. The van der Waals surface area contributed by atoms with Gasteiger partial charge < -0.3 is 20.3 Å². The lowest BCUT2D eigenvalue weighted by Crippen LogP contribution is -2.50. The molecule has 0 saturated carbocycles. The number of halogens is 1. The molecule has 24 heavy (non-hydrogen) atoms. The van der Waals surface area contributed by atoms with Crippen molar-refractivity contribution in [1.29, 1.82) is 0 Å². The lowest BCUT2D eigenvalue weighted by Gasteiger charge is -2.33. The molecule has 6 nitrogen and oxygen atoms in total. The molecule has 0 aromatic heterocycles. The average molecular weight is 337 g/mol. The first kappa shape index (κ1) is 18.0. The summed E-state index contributed by atoms with van der Waals surface area (Å²) in [4.78, 5) is 25.0. The van der Waals surface area contributed by atoms with Gasteiger partial charge in [-0.1, -0.05) is 0 Å². The Morgan fingerprint density at radius 1 is 1.38 bits per heavy atom. The monoisotopic (exact) mass is 337 g/mol. The summed E-state index contributed by atoms with van der Waals surface area (Å²) < 4.78 is 19.5. The number of carbonyl (C=O) groups is 2. The van der Waals surface area contributed by atoms with Crippen molar-refractivity contribution in [2.75, 3.05) is 18.4 Å². The summed E-state index contributed by atoms with van der Waals surface area (Å²) >= 11 is 0. The second-order valence-electron chi connectivity index (χ2n) is 6.22. The van der Waals surface area contributed by atoms with Crippen LogP contribution in [0.2, 0.25) is 0 Å². The molecule has 1 aliphatic heterocycles. The Bertz CT molecular complexity index is 607. The summed E-state index contributed by atoms with van der Waals surface area (Å²) in [5.41, 5.74) is 0.109. The van der Waals surface area contributed by atoms with E-state index in [2.05, 4.69) is 10.6 Å². The van der Waals surface area contributed by atoms with Crippen molar-refractivity contribution < 1.29 is 18.7 Å². The fraction of sp³-hybridized carbons (Fsp3) is 0.529. The second kappa shape index (κ2) is 7.99. The Hall–Kier alpha value is -2.31. The van der Waals surface area contributed by atoms with Crippen molar-refractivity contribution >= 4 is 17.6 Å². The highest BCUT2D eigenvalue weighted by molar-refractivity contribution is 5.89. The molecule has 0 radical (unpaired) electrons. The van der Waals surface area contributed by atoms with E-state index in [0.29, 0.717) is 18.8 Å². The van der Waals surface area contributed by atoms with E-state index in [1.165, 1.54) is 19.1 Å². The molecule has 0 spiro atoms. The van der Waals surface area contributed by atoms with Gasteiger partial charge in [-0.2, -0.15) is 0 Å². The highest BCUT2D eigenvalue weighted by Gasteiger charge is 2.24. The number of nitrogens with zero attached hydrogens (tertiary/aromatic N) is 1. The summed E-state index contributed by atoms with van der Waals surface area (Å²) in [6, 6.07) is 3.93. The second-order valence-corrected chi connectivity index (χ2v) is 6.22. The Morgan fingerprint density at radius 2 is 2.12 bits per heavy atom. The van der Waals surface area contributed by atoms with Gasteiger partial charge >= 0.3 is 6.03 Å². The molecule has 7 heteroatoms. The number of ether oxygens (including phenoxy) is 1. The van der Waals surface area contributed by atoms with Crippen molar-refractivity contribution in [3.05, 3.63) is 24.0 Å². The first-order valence-electron chi connectivity index (χ1n) is 8.14. The average Bonchev–Trinajstić information content (AvgIpc) is 2.49. The third kappa shape index (κ3) is 5.11. The molecule has 2 rings (SSSR count). The van der Waals surface area contributed by atoms with Gasteiger partial charge in [0.1, 0.15) is 11.6 Å². The minimum absolute atomic E-state index is 0.0519. The third-order valence-electron chi connectivity index (χ3n) is 3.67. The van der Waals surface area contributed by atoms with Gasteiger partial charge in [0.15, 0.2) is 0 Å². The number of hydrogen-bond donors (Lipinski definition) is 2. The highest BCUT2D eigenvalue weighted by Crippen LogP contribution is 2.22. The number of rotatable bonds is 4. The van der Waals surface area contributed by atoms with Gasteiger partial charge in [0.05, 0.1) is 11.8 Å². The van der Waals surface area contributed by atoms with E-state index in [1.54, 1.807) is 11.0 Å². The number of piperidine rings is 1. The summed E-state index contributed by atoms with van der Waals surface area (Å²) in [6.07, 6.45) is 1.57. The van der Waals surface area contributed by atoms with Crippen LogP contribution in [0, 0.1) is 5.82 Å². The standard InChI is InChI=1S/C17H24FN3O3/c1-11(2)24-14-6-7-16(15(18)9-14)20-17(23)21-8-4-5-13(10-21)19-12(3)22/h6-7,9,11,13H,4-5,8,10H2,1-3H3,(H,19,22)(H,20,23)/t13-/m1/s1. The smallest absolute Gasteiger partial charge is 0.321 e.